The maximum Gasteiger partial charge on any atom is 0.243 e. The molecular weight excluding hydrogens is 330 g/mol. The molecule has 0 bridgehead atoms. The smallest absolute Gasteiger partial charge is 0.243 e. The van der Waals surface area contributed by atoms with E-state index in [0.29, 0.717) is 19.5 Å². The number of carbonyl (C=O) groups is 2. The van der Waals surface area contributed by atoms with Gasteiger partial charge in [0.25, 0.3) is 0 Å². The summed E-state index contributed by atoms with van der Waals surface area (Å²) in [5, 5.41) is 2.94. The van der Waals surface area contributed by atoms with Crippen molar-refractivity contribution in [3.63, 3.8) is 0 Å². The molecule has 2 aromatic rings. The zero-order valence-electron chi connectivity index (χ0n) is 15.5. The number of imidazole rings is 1. The van der Waals surface area contributed by atoms with Crippen LogP contribution in [0, 0.1) is 5.41 Å². The van der Waals surface area contributed by atoms with Crippen LogP contribution in [0.5, 0.6) is 0 Å². The molecule has 1 atom stereocenters. The lowest BCUT2D eigenvalue weighted by molar-refractivity contribution is -0.144. The lowest BCUT2D eigenvalue weighted by Crippen LogP contribution is -2.49. The fourth-order valence-corrected chi connectivity index (χ4v) is 3.09. The van der Waals surface area contributed by atoms with E-state index in [4.69, 9.17) is 0 Å². The highest BCUT2D eigenvalue weighted by Crippen LogP contribution is 2.25. The Morgan fingerprint density at radius 2 is 2.12 bits per heavy atom. The second kappa shape index (κ2) is 7.27. The van der Waals surface area contributed by atoms with Gasteiger partial charge in [-0.15, -0.1) is 0 Å². The zero-order valence-corrected chi connectivity index (χ0v) is 15.5. The number of carbonyl (C=O) groups excluding carboxylic acids is 2. The number of aromatic nitrogens is 3. The van der Waals surface area contributed by atoms with Crippen molar-refractivity contribution in [1.29, 1.82) is 0 Å². The van der Waals surface area contributed by atoms with Crippen LogP contribution in [-0.4, -0.2) is 43.8 Å². The molecule has 0 saturated carbocycles. The van der Waals surface area contributed by atoms with Gasteiger partial charge < -0.3 is 10.2 Å². The standard InChI is InChI=1S/C19H25N5O2/c1-19(2,3)18(26)24-9-4-5-15(24)17(25)22-12-14-6-7-16(21-11-14)23-10-8-20-13-23/h6-8,10-11,13,15H,4-5,9,12H2,1-3H3,(H,22,25). The largest absolute Gasteiger partial charge is 0.350 e. The van der Waals surface area contributed by atoms with Crippen LogP contribution in [0.2, 0.25) is 0 Å². The van der Waals surface area contributed by atoms with E-state index in [1.165, 1.54) is 0 Å². The third-order valence-corrected chi connectivity index (χ3v) is 4.50. The molecular formula is C19H25N5O2. The normalized spacial score (nSPS) is 17.3. The first kappa shape index (κ1) is 18.1. The summed E-state index contributed by atoms with van der Waals surface area (Å²) < 4.78 is 1.82. The van der Waals surface area contributed by atoms with Crippen molar-refractivity contribution in [3.05, 3.63) is 42.6 Å². The Balaban J connectivity index is 1.59. The predicted molar refractivity (Wildman–Crippen MR) is 97.4 cm³/mol. The minimum Gasteiger partial charge on any atom is -0.350 e. The lowest BCUT2D eigenvalue weighted by Gasteiger charge is -2.30. The van der Waals surface area contributed by atoms with E-state index in [-0.39, 0.29) is 17.9 Å². The zero-order chi connectivity index (χ0) is 18.7. The molecule has 26 heavy (non-hydrogen) atoms. The van der Waals surface area contributed by atoms with Crippen LogP contribution < -0.4 is 5.32 Å². The van der Waals surface area contributed by atoms with Crippen molar-refractivity contribution < 1.29 is 9.59 Å². The average Bonchev–Trinajstić information content (AvgIpc) is 3.30. The number of amides is 2. The summed E-state index contributed by atoms with van der Waals surface area (Å²) in [5.74, 6) is 0.704. The Kier molecular flexibility index (Phi) is 5.06. The third-order valence-electron chi connectivity index (χ3n) is 4.50. The van der Waals surface area contributed by atoms with Gasteiger partial charge in [-0.25, -0.2) is 9.97 Å². The summed E-state index contributed by atoms with van der Waals surface area (Å²) in [6, 6.07) is 3.43. The van der Waals surface area contributed by atoms with Crippen LogP contribution in [0.4, 0.5) is 0 Å². The van der Waals surface area contributed by atoms with Gasteiger partial charge in [-0.1, -0.05) is 26.8 Å². The first-order chi connectivity index (χ1) is 12.4. The van der Waals surface area contributed by atoms with Gasteiger partial charge in [-0.05, 0) is 24.5 Å². The number of likely N-dealkylation sites (tertiary alicyclic amines) is 1. The van der Waals surface area contributed by atoms with Crippen molar-refractivity contribution in [3.8, 4) is 5.82 Å². The average molecular weight is 355 g/mol. The van der Waals surface area contributed by atoms with Crippen LogP contribution in [-0.2, 0) is 16.1 Å². The lowest BCUT2D eigenvalue weighted by atomic mass is 9.94. The molecule has 0 spiro atoms. The molecule has 1 aliphatic heterocycles. The number of nitrogens with zero attached hydrogens (tertiary/aromatic N) is 4. The van der Waals surface area contributed by atoms with E-state index >= 15 is 0 Å². The fraction of sp³-hybridized carbons (Fsp3) is 0.474. The first-order valence-corrected chi connectivity index (χ1v) is 8.88. The summed E-state index contributed by atoms with van der Waals surface area (Å²) >= 11 is 0. The van der Waals surface area contributed by atoms with E-state index in [1.54, 1.807) is 23.6 Å². The molecule has 0 radical (unpaired) electrons. The van der Waals surface area contributed by atoms with E-state index in [2.05, 4.69) is 15.3 Å². The van der Waals surface area contributed by atoms with E-state index < -0.39 is 5.41 Å². The fourth-order valence-electron chi connectivity index (χ4n) is 3.09. The summed E-state index contributed by atoms with van der Waals surface area (Å²) in [7, 11) is 0. The molecule has 3 heterocycles. The molecule has 1 N–H and O–H groups in total. The second-order valence-corrected chi connectivity index (χ2v) is 7.62. The second-order valence-electron chi connectivity index (χ2n) is 7.62. The van der Waals surface area contributed by atoms with Gasteiger partial charge in [-0.2, -0.15) is 0 Å². The number of nitrogens with one attached hydrogen (secondary N) is 1. The highest BCUT2D eigenvalue weighted by atomic mass is 16.2. The van der Waals surface area contributed by atoms with Crippen LogP contribution in [0.1, 0.15) is 39.2 Å². The Labute approximate surface area is 153 Å². The molecule has 0 aliphatic carbocycles. The van der Waals surface area contributed by atoms with Crippen molar-refractivity contribution in [1.82, 2.24) is 24.8 Å². The molecule has 2 aromatic heterocycles. The van der Waals surface area contributed by atoms with E-state index in [0.717, 1.165) is 17.8 Å². The molecule has 1 saturated heterocycles. The summed E-state index contributed by atoms with van der Waals surface area (Å²) in [6.45, 7) is 6.70. The van der Waals surface area contributed by atoms with Crippen LogP contribution in [0.3, 0.4) is 0 Å². The third kappa shape index (κ3) is 3.92. The van der Waals surface area contributed by atoms with Crippen molar-refractivity contribution in [2.24, 2.45) is 5.41 Å². The summed E-state index contributed by atoms with van der Waals surface area (Å²) in [6.07, 6.45) is 8.52. The summed E-state index contributed by atoms with van der Waals surface area (Å²) in [5.41, 5.74) is 0.435. The molecule has 7 heteroatoms. The molecule has 7 nitrogen and oxygen atoms in total. The van der Waals surface area contributed by atoms with Crippen molar-refractivity contribution in [2.75, 3.05) is 6.54 Å². The van der Waals surface area contributed by atoms with Crippen molar-refractivity contribution in [2.45, 2.75) is 46.2 Å². The molecule has 3 rings (SSSR count). The number of hydrogen-bond donors (Lipinski definition) is 1. The van der Waals surface area contributed by atoms with Gasteiger partial charge in [0.1, 0.15) is 18.2 Å². The monoisotopic (exact) mass is 355 g/mol. The van der Waals surface area contributed by atoms with Gasteiger partial charge in [0, 0.05) is 37.1 Å². The summed E-state index contributed by atoms with van der Waals surface area (Å²) in [4.78, 5) is 35.2. The van der Waals surface area contributed by atoms with Gasteiger partial charge in [0.15, 0.2) is 0 Å². The van der Waals surface area contributed by atoms with Crippen molar-refractivity contribution >= 4 is 11.8 Å². The van der Waals surface area contributed by atoms with Crippen LogP contribution in [0.15, 0.2) is 37.1 Å². The van der Waals surface area contributed by atoms with Gasteiger partial charge in [0.2, 0.25) is 11.8 Å². The number of rotatable bonds is 4. The molecule has 2 amide bonds. The molecule has 0 aromatic carbocycles. The molecule has 138 valence electrons. The molecule has 1 fully saturated rings. The quantitative estimate of drug-likeness (QED) is 0.909. The highest BCUT2D eigenvalue weighted by Gasteiger charge is 2.38. The number of hydrogen-bond acceptors (Lipinski definition) is 4. The van der Waals surface area contributed by atoms with E-state index in [9.17, 15) is 9.59 Å². The van der Waals surface area contributed by atoms with Gasteiger partial charge in [0.05, 0.1) is 0 Å². The van der Waals surface area contributed by atoms with Gasteiger partial charge in [-0.3, -0.25) is 14.2 Å². The van der Waals surface area contributed by atoms with Gasteiger partial charge >= 0.3 is 0 Å². The minimum absolute atomic E-state index is 0.0292. The number of pyridine rings is 1. The Morgan fingerprint density at radius 3 is 2.73 bits per heavy atom. The molecule has 1 aliphatic rings. The maximum absolute atomic E-state index is 12.6. The minimum atomic E-state index is -0.476. The topological polar surface area (TPSA) is 80.1 Å². The Morgan fingerprint density at radius 1 is 1.31 bits per heavy atom. The van der Waals surface area contributed by atoms with Crippen LogP contribution in [0.25, 0.3) is 5.82 Å². The Hall–Kier alpha value is -2.70. The first-order valence-electron chi connectivity index (χ1n) is 8.88. The Bertz CT molecular complexity index is 762. The SMILES string of the molecule is CC(C)(C)C(=O)N1CCCC1C(=O)NCc1ccc(-n2ccnc2)nc1. The molecule has 1 unspecified atom stereocenters. The van der Waals surface area contributed by atoms with E-state index in [1.807, 2.05) is 43.7 Å². The maximum atomic E-state index is 12.6. The van der Waals surface area contributed by atoms with Crippen LogP contribution >= 0.6 is 0 Å². The predicted octanol–water partition coefficient (Wildman–Crippen LogP) is 1.92. The highest BCUT2D eigenvalue weighted by molar-refractivity contribution is 5.90.